The van der Waals surface area contributed by atoms with Crippen LogP contribution in [0.15, 0.2) is 48.5 Å². The van der Waals surface area contributed by atoms with Gasteiger partial charge in [-0.15, -0.1) is 5.10 Å². The first kappa shape index (κ1) is 16.5. The molecule has 24 heavy (non-hydrogen) atoms. The van der Waals surface area contributed by atoms with Gasteiger partial charge >= 0.3 is 0 Å². The minimum Gasteiger partial charge on any atom is -0.476 e. The summed E-state index contributed by atoms with van der Waals surface area (Å²) in [5.74, 6) is 0.748. The molecule has 0 saturated heterocycles. The molecule has 0 unspecified atom stereocenters. The molecule has 1 aromatic heterocycles. The van der Waals surface area contributed by atoms with E-state index < -0.39 is 0 Å². The second-order valence-corrected chi connectivity index (χ2v) is 6.42. The fraction of sp³-hybridized carbons (Fsp3) is 0.350. The summed E-state index contributed by atoms with van der Waals surface area (Å²) >= 11 is 0. The monoisotopic (exact) mass is 323 g/mol. The van der Waals surface area contributed by atoms with E-state index in [1.165, 1.54) is 11.1 Å². The first-order valence-corrected chi connectivity index (χ1v) is 8.43. The van der Waals surface area contributed by atoms with Gasteiger partial charge in [-0.1, -0.05) is 42.5 Å². The van der Waals surface area contributed by atoms with E-state index in [-0.39, 0.29) is 0 Å². The van der Waals surface area contributed by atoms with Crippen LogP contribution in [-0.2, 0) is 6.54 Å². The highest BCUT2D eigenvalue weighted by molar-refractivity contribution is 5.87. The van der Waals surface area contributed by atoms with Crippen molar-refractivity contribution < 1.29 is 4.74 Å². The summed E-state index contributed by atoms with van der Waals surface area (Å²) in [5, 5.41) is 5.87. The normalized spacial score (nSPS) is 11.3. The van der Waals surface area contributed by atoms with Crippen molar-refractivity contribution in [2.24, 2.45) is 0 Å². The summed E-state index contributed by atoms with van der Waals surface area (Å²) in [6.07, 6.45) is 0.992. The maximum absolute atomic E-state index is 6.01. The molecule has 0 spiro atoms. The Bertz CT molecular complexity index is 793. The standard InChI is InChI=1S/C20H25N3O/c1-16-9-7-12-18-19(16)20(24-14-8-13-22(2)3)21-23(18)15-17-10-5-4-6-11-17/h4-7,9-12H,8,13-15H2,1-3H3. The lowest BCUT2D eigenvalue weighted by molar-refractivity contribution is 0.273. The Balaban J connectivity index is 1.86. The lowest BCUT2D eigenvalue weighted by Crippen LogP contribution is -2.15. The number of hydrogen-bond acceptors (Lipinski definition) is 3. The Morgan fingerprint density at radius 3 is 2.58 bits per heavy atom. The second-order valence-electron chi connectivity index (χ2n) is 6.42. The molecule has 0 aliphatic heterocycles. The smallest absolute Gasteiger partial charge is 0.241 e. The minimum absolute atomic E-state index is 0.684. The number of aryl methyl sites for hydroxylation is 1. The Morgan fingerprint density at radius 2 is 1.83 bits per heavy atom. The number of rotatable bonds is 7. The van der Waals surface area contributed by atoms with E-state index in [9.17, 15) is 0 Å². The molecule has 0 aliphatic rings. The molecule has 0 fully saturated rings. The fourth-order valence-electron chi connectivity index (χ4n) is 2.89. The van der Waals surface area contributed by atoms with Gasteiger partial charge in [-0.3, -0.25) is 4.68 Å². The number of fused-ring (bicyclic) bond motifs is 1. The topological polar surface area (TPSA) is 30.3 Å². The molecular formula is C20H25N3O. The predicted octanol–water partition coefficient (Wildman–Crippen LogP) is 3.72. The van der Waals surface area contributed by atoms with E-state index in [0.29, 0.717) is 6.61 Å². The Morgan fingerprint density at radius 1 is 1.04 bits per heavy atom. The van der Waals surface area contributed by atoms with Gasteiger partial charge in [0.2, 0.25) is 5.88 Å². The SMILES string of the molecule is Cc1cccc2c1c(OCCCN(C)C)nn2Cc1ccccc1. The van der Waals surface area contributed by atoms with Crippen molar-refractivity contribution in [3.63, 3.8) is 0 Å². The molecule has 4 heteroatoms. The van der Waals surface area contributed by atoms with E-state index >= 15 is 0 Å². The van der Waals surface area contributed by atoms with E-state index in [2.05, 4.69) is 68.4 Å². The van der Waals surface area contributed by atoms with Gasteiger partial charge in [0.15, 0.2) is 0 Å². The molecule has 0 aliphatic carbocycles. The quantitative estimate of drug-likeness (QED) is 0.621. The van der Waals surface area contributed by atoms with E-state index in [1.54, 1.807) is 0 Å². The van der Waals surface area contributed by atoms with Crippen molar-refractivity contribution >= 4 is 10.9 Å². The van der Waals surface area contributed by atoms with Crippen LogP contribution in [0.1, 0.15) is 17.5 Å². The molecule has 3 rings (SSSR count). The van der Waals surface area contributed by atoms with Crippen molar-refractivity contribution in [1.82, 2.24) is 14.7 Å². The van der Waals surface area contributed by atoms with Crippen LogP contribution in [0.4, 0.5) is 0 Å². The maximum atomic E-state index is 6.01. The lowest BCUT2D eigenvalue weighted by Gasteiger charge is -2.09. The largest absolute Gasteiger partial charge is 0.476 e. The second kappa shape index (κ2) is 7.49. The molecule has 0 N–H and O–H groups in total. The molecule has 0 radical (unpaired) electrons. The molecule has 4 nitrogen and oxygen atoms in total. The van der Waals surface area contributed by atoms with E-state index in [0.717, 1.165) is 36.3 Å². The summed E-state index contributed by atoms with van der Waals surface area (Å²) < 4.78 is 8.05. The van der Waals surface area contributed by atoms with Crippen molar-refractivity contribution in [1.29, 1.82) is 0 Å². The first-order valence-electron chi connectivity index (χ1n) is 8.43. The summed E-state index contributed by atoms with van der Waals surface area (Å²) in [6, 6.07) is 16.7. The predicted molar refractivity (Wildman–Crippen MR) is 98.7 cm³/mol. The third kappa shape index (κ3) is 3.77. The third-order valence-corrected chi connectivity index (χ3v) is 4.12. The zero-order valence-electron chi connectivity index (χ0n) is 14.7. The fourth-order valence-corrected chi connectivity index (χ4v) is 2.89. The molecule has 0 saturated carbocycles. The maximum Gasteiger partial charge on any atom is 0.241 e. The van der Waals surface area contributed by atoms with Crippen molar-refractivity contribution in [2.45, 2.75) is 19.9 Å². The van der Waals surface area contributed by atoms with Crippen LogP contribution in [0.2, 0.25) is 0 Å². The molecule has 3 aromatic rings. The van der Waals surface area contributed by atoms with Gasteiger partial charge in [0, 0.05) is 6.54 Å². The molecule has 126 valence electrons. The minimum atomic E-state index is 0.684. The first-order chi connectivity index (χ1) is 11.6. The van der Waals surface area contributed by atoms with E-state index in [4.69, 9.17) is 9.84 Å². The van der Waals surface area contributed by atoms with Gasteiger partial charge < -0.3 is 9.64 Å². The lowest BCUT2D eigenvalue weighted by atomic mass is 10.1. The summed E-state index contributed by atoms with van der Waals surface area (Å²) in [5.41, 5.74) is 3.57. The zero-order valence-corrected chi connectivity index (χ0v) is 14.7. The zero-order chi connectivity index (χ0) is 16.9. The third-order valence-electron chi connectivity index (χ3n) is 4.12. The van der Waals surface area contributed by atoms with Crippen molar-refractivity contribution in [2.75, 3.05) is 27.2 Å². The number of ether oxygens (including phenoxy) is 1. The highest BCUT2D eigenvalue weighted by Gasteiger charge is 2.14. The van der Waals surface area contributed by atoms with Gasteiger partial charge in [-0.2, -0.15) is 0 Å². The highest BCUT2D eigenvalue weighted by atomic mass is 16.5. The average Bonchev–Trinajstić information content (AvgIpc) is 2.92. The summed E-state index contributed by atoms with van der Waals surface area (Å²) in [4.78, 5) is 2.17. The molecule has 0 atom stereocenters. The number of aromatic nitrogens is 2. The highest BCUT2D eigenvalue weighted by Crippen LogP contribution is 2.28. The van der Waals surface area contributed by atoms with Crippen LogP contribution in [0.5, 0.6) is 5.88 Å². The summed E-state index contributed by atoms with van der Waals surface area (Å²) in [7, 11) is 4.16. The molecule has 0 bridgehead atoms. The van der Waals surface area contributed by atoms with Crippen LogP contribution >= 0.6 is 0 Å². The molecule has 0 amide bonds. The van der Waals surface area contributed by atoms with Crippen LogP contribution in [0.3, 0.4) is 0 Å². The number of benzene rings is 2. The Hall–Kier alpha value is -2.33. The van der Waals surface area contributed by atoms with Gasteiger partial charge in [-0.05, 0) is 44.6 Å². The van der Waals surface area contributed by atoms with E-state index in [1.807, 2.05) is 10.7 Å². The Labute approximate surface area is 143 Å². The average molecular weight is 323 g/mol. The number of nitrogens with zero attached hydrogens (tertiary/aromatic N) is 3. The van der Waals surface area contributed by atoms with Crippen molar-refractivity contribution in [3.05, 3.63) is 59.7 Å². The van der Waals surface area contributed by atoms with Crippen LogP contribution in [-0.4, -0.2) is 41.9 Å². The van der Waals surface area contributed by atoms with Gasteiger partial charge in [0.1, 0.15) is 0 Å². The number of hydrogen-bond donors (Lipinski definition) is 0. The van der Waals surface area contributed by atoms with Crippen LogP contribution in [0.25, 0.3) is 10.9 Å². The van der Waals surface area contributed by atoms with Gasteiger partial charge in [0.05, 0.1) is 24.1 Å². The van der Waals surface area contributed by atoms with Gasteiger partial charge in [-0.25, -0.2) is 0 Å². The molecule has 1 heterocycles. The summed E-state index contributed by atoms with van der Waals surface area (Å²) in [6.45, 7) is 4.57. The van der Waals surface area contributed by atoms with Gasteiger partial charge in [0.25, 0.3) is 0 Å². The molecular weight excluding hydrogens is 298 g/mol. The van der Waals surface area contributed by atoms with Crippen molar-refractivity contribution in [3.8, 4) is 5.88 Å². The molecule has 2 aromatic carbocycles. The van der Waals surface area contributed by atoms with Crippen LogP contribution < -0.4 is 4.74 Å². The Kier molecular flexibility index (Phi) is 5.16. The van der Waals surface area contributed by atoms with Crippen LogP contribution in [0, 0.1) is 6.92 Å².